The number of halogens is 1. The summed E-state index contributed by atoms with van der Waals surface area (Å²) in [6.07, 6.45) is 6.76. The van der Waals surface area contributed by atoms with Gasteiger partial charge in [0.05, 0.1) is 5.56 Å². The summed E-state index contributed by atoms with van der Waals surface area (Å²) in [5.41, 5.74) is 1.44. The highest BCUT2D eigenvalue weighted by Crippen LogP contribution is 2.32. The molecule has 4 rings (SSSR count). The molecular weight excluding hydrogens is 371 g/mol. The number of carbonyl (C=O) groups excluding carboxylic acids is 1. The van der Waals surface area contributed by atoms with Crippen molar-refractivity contribution < 1.29 is 9.18 Å². The number of amides is 1. The monoisotopic (exact) mass is 400 g/mol. The van der Waals surface area contributed by atoms with Crippen molar-refractivity contribution >= 4 is 17.2 Å². The van der Waals surface area contributed by atoms with Crippen molar-refractivity contribution in [2.24, 2.45) is 5.92 Å². The van der Waals surface area contributed by atoms with Gasteiger partial charge in [0.2, 0.25) is 0 Å². The van der Waals surface area contributed by atoms with Crippen molar-refractivity contribution in [2.75, 3.05) is 20.1 Å². The number of rotatable bonds is 6. The van der Waals surface area contributed by atoms with Gasteiger partial charge in [-0.1, -0.05) is 24.6 Å². The SMILES string of the molecule is CN(C(=O)c1ccsc1)C(Cc1ccccc1F)C1CCN(C2CCC2)CC1. The predicted octanol–water partition coefficient (Wildman–Crippen LogP) is 4.84. The Hall–Kier alpha value is -1.72. The van der Waals surface area contributed by atoms with Crippen molar-refractivity contribution in [1.29, 1.82) is 0 Å². The molecule has 1 saturated heterocycles. The first-order valence-corrected chi connectivity index (χ1v) is 11.3. The molecule has 1 atom stereocenters. The number of thiophene rings is 1. The third-order valence-corrected chi connectivity index (χ3v) is 7.37. The normalized spacial score (nSPS) is 19.9. The maximum atomic E-state index is 14.4. The minimum absolute atomic E-state index is 0.0211. The van der Waals surface area contributed by atoms with E-state index >= 15 is 0 Å². The number of nitrogens with zero attached hydrogens (tertiary/aromatic N) is 2. The Morgan fingerprint density at radius 1 is 1.21 bits per heavy atom. The molecule has 2 aromatic rings. The van der Waals surface area contributed by atoms with Crippen LogP contribution in [-0.2, 0) is 6.42 Å². The summed E-state index contributed by atoms with van der Waals surface area (Å²) in [6.45, 7) is 2.20. The van der Waals surface area contributed by atoms with Gasteiger partial charge < -0.3 is 9.80 Å². The highest BCUT2D eigenvalue weighted by Gasteiger charge is 2.35. The van der Waals surface area contributed by atoms with Crippen LogP contribution in [0.2, 0.25) is 0 Å². The van der Waals surface area contributed by atoms with E-state index in [4.69, 9.17) is 0 Å². The summed E-state index contributed by atoms with van der Waals surface area (Å²) < 4.78 is 14.4. The quantitative estimate of drug-likeness (QED) is 0.693. The van der Waals surface area contributed by atoms with Gasteiger partial charge in [0.1, 0.15) is 5.82 Å². The first kappa shape index (κ1) is 19.6. The van der Waals surface area contributed by atoms with Crippen LogP contribution >= 0.6 is 11.3 Å². The van der Waals surface area contributed by atoms with Gasteiger partial charge in [0.25, 0.3) is 5.91 Å². The Morgan fingerprint density at radius 2 is 1.96 bits per heavy atom. The minimum Gasteiger partial charge on any atom is -0.338 e. The molecule has 1 amide bonds. The second-order valence-electron chi connectivity index (χ2n) is 8.25. The van der Waals surface area contributed by atoms with E-state index in [2.05, 4.69) is 4.90 Å². The van der Waals surface area contributed by atoms with E-state index in [0.717, 1.165) is 37.5 Å². The molecule has 3 nitrogen and oxygen atoms in total. The van der Waals surface area contributed by atoms with Gasteiger partial charge in [-0.05, 0) is 74.2 Å². The molecule has 0 radical (unpaired) electrons. The largest absolute Gasteiger partial charge is 0.338 e. The third-order valence-electron chi connectivity index (χ3n) is 6.68. The molecular formula is C23H29FN2OS. The van der Waals surface area contributed by atoms with Crippen molar-refractivity contribution in [1.82, 2.24) is 9.80 Å². The van der Waals surface area contributed by atoms with Crippen LogP contribution in [0.1, 0.15) is 48.0 Å². The molecule has 5 heteroatoms. The second-order valence-corrected chi connectivity index (χ2v) is 9.03. The molecule has 1 aromatic carbocycles. The fraction of sp³-hybridized carbons (Fsp3) is 0.522. The Kier molecular flexibility index (Phi) is 6.12. The molecule has 150 valence electrons. The van der Waals surface area contributed by atoms with Crippen molar-refractivity contribution in [3.8, 4) is 0 Å². The zero-order valence-electron chi connectivity index (χ0n) is 16.5. The van der Waals surface area contributed by atoms with Crippen LogP contribution in [0.4, 0.5) is 4.39 Å². The molecule has 2 heterocycles. The number of hydrogen-bond donors (Lipinski definition) is 0. The predicted molar refractivity (Wildman–Crippen MR) is 112 cm³/mol. The van der Waals surface area contributed by atoms with Crippen LogP contribution in [0.25, 0.3) is 0 Å². The van der Waals surface area contributed by atoms with E-state index in [1.807, 2.05) is 40.9 Å². The zero-order valence-corrected chi connectivity index (χ0v) is 17.3. The number of carbonyl (C=O) groups is 1. The Morgan fingerprint density at radius 3 is 2.57 bits per heavy atom. The highest BCUT2D eigenvalue weighted by atomic mass is 32.1. The third kappa shape index (κ3) is 4.15. The average Bonchev–Trinajstić information content (AvgIpc) is 3.20. The topological polar surface area (TPSA) is 23.6 Å². The Balaban J connectivity index is 1.51. The van der Waals surface area contributed by atoms with Gasteiger partial charge in [-0.3, -0.25) is 4.79 Å². The van der Waals surface area contributed by atoms with Crippen LogP contribution in [0, 0.1) is 11.7 Å². The van der Waals surface area contributed by atoms with Gasteiger partial charge >= 0.3 is 0 Å². The standard InChI is InChI=1S/C23H29FN2OS/c1-25(23(27)19-11-14-28-16-19)22(15-18-5-2-3-8-21(18)24)17-9-12-26(13-10-17)20-6-4-7-20/h2-3,5,8,11,14,16-17,20,22H,4,6-7,9-10,12-13,15H2,1H3. The van der Waals surface area contributed by atoms with Crippen LogP contribution in [0.15, 0.2) is 41.1 Å². The number of likely N-dealkylation sites (tertiary alicyclic amines) is 1. The van der Waals surface area contributed by atoms with Gasteiger partial charge in [-0.2, -0.15) is 11.3 Å². The van der Waals surface area contributed by atoms with Crippen LogP contribution < -0.4 is 0 Å². The van der Waals surface area contributed by atoms with E-state index in [9.17, 15) is 9.18 Å². The van der Waals surface area contributed by atoms with Crippen LogP contribution in [0.3, 0.4) is 0 Å². The van der Waals surface area contributed by atoms with E-state index in [-0.39, 0.29) is 17.8 Å². The van der Waals surface area contributed by atoms with E-state index in [1.165, 1.54) is 36.7 Å². The molecule has 28 heavy (non-hydrogen) atoms. The van der Waals surface area contributed by atoms with E-state index in [1.54, 1.807) is 6.07 Å². The lowest BCUT2D eigenvalue weighted by Crippen LogP contribution is -2.50. The number of benzene rings is 1. The molecule has 2 fully saturated rings. The lowest BCUT2D eigenvalue weighted by atomic mass is 9.82. The van der Waals surface area contributed by atoms with Gasteiger partial charge in [-0.15, -0.1) is 0 Å². The molecule has 1 unspecified atom stereocenters. The fourth-order valence-electron chi connectivity index (χ4n) is 4.67. The maximum absolute atomic E-state index is 14.4. The molecule has 0 bridgehead atoms. The zero-order chi connectivity index (χ0) is 19.5. The Labute approximate surface area is 171 Å². The lowest BCUT2D eigenvalue weighted by Gasteiger charge is -2.45. The number of likely N-dealkylation sites (N-methyl/N-ethyl adjacent to an activating group) is 1. The molecule has 0 spiro atoms. The molecule has 1 aromatic heterocycles. The molecule has 1 aliphatic heterocycles. The Bertz CT molecular complexity index is 782. The van der Waals surface area contributed by atoms with Gasteiger partial charge in [0.15, 0.2) is 0 Å². The smallest absolute Gasteiger partial charge is 0.254 e. The van der Waals surface area contributed by atoms with Crippen LogP contribution in [0.5, 0.6) is 0 Å². The minimum atomic E-state index is -0.171. The summed E-state index contributed by atoms with van der Waals surface area (Å²) >= 11 is 1.54. The summed E-state index contributed by atoms with van der Waals surface area (Å²) in [5, 5.41) is 3.84. The summed E-state index contributed by atoms with van der Waals surface area (Å²) in [4.78, 5) is 17.5. The number of hydrogen-bond acceptors (Lipinski definition) is 3. The van der Waals surface area contributed by atoms with Crippen molar-refractivity contribution in [3.05, 3.63) is 58.0 Å². The van der Waals surface area contributed by atoms with Crippen molar-refractivity contribution in [2.45, 2.75) is 50.6 Å². The molecule has 2 aliphatic rings. The summed E-state index contributed by atoms with van der Waals surface area (Å²) in [6, 6.07) is 9.66. The van der Waals surface area contributed by atoms with Gasteiger partial charge in [0, 0.05) is 24.5 Å². The summed E-state index contributed by atoms with van der Waals surface area (Å²) in [5.74, 6) is 0.281. The lowest BCUT2D eigenvalue weighted by molar-refractivity contribution is 0.0443. The average molecular weight is 401 g/mol. The fourth-order valence-corrected chi connectivity index (χ4v) is 5.30. The van der Waals surface area contributed by atoms with E-state index in [0.29, 0.717) is 17.9 Å². The highest BCUT2D eigenvalue weighted by molar-refractivity contribution is 7.08. The summed E-state index contributed by atoms with van der Waals surface area (Å²) in [7, 11) is 1.89. The van der Waals surface area contributed by atoms with Crippen LogP contribution in [-0.4, -0.2) is 47.9 Å². The molecule has 1 aliphatic carbocycles. The molecule has 1 saturated carbocycles. The van der Waals surface area contributed by atoms with Gasteiger partial charge in [-0.25, -0.2) is 4.39 Å². The first-order chi connectivity index (χ1) is 13.6. The molecule has 0 N–H and O–H groups in total. The van der Waals surface area contributed by atoms with Crippen molar-refractivity contribution in [3.63, 3.8) is 0 Å². The number of piperidine rings is 1. The van der Waals surface area contributed by atoms with E-state index < -0.39 is 0 Å². The maximum Gasteiger partial charge on any atom is 0.254 e. The second kappa shape index (κ2) is 8.75. The first-order valence-electron chi connectivity index (χ1n) is 10.4.